The predicted octanol–water partition coefficient (Wildman–Crippen LogP) is 2.50. The van der Waals surface area contributed by atoms with E-state index in [9.17, 15) is 4.79 Å². The molecule has 0 unspecified atom stereocenters. The minimum absolute atomic E-state index is 0.324. The third-order valence-corrected chi connectivity index (χ3v) is 1.99. The van der Waals surface area contributed by atoms with Gasteiger partial charge in [0.15, 0.2) is 0 Å². The Bertz CT molecular complexity index is 292. The fourth-order valence-electron chi connectivity index (χ4n) is 1.08. The van der Waals surface area contributed by atoms with E-state index in [4.69, 9.17) is 11.6 Å². The summed E-state index contributed by atoms with van der Waals surface area (Å²) in [6, 6.07) is 3.62. The molecule has 3 heteroatoms. The van der Waals surface area contributed by atoms with Crippen LogP contribution >= 0.6 is 11.6 Å². The third-order valence-electron chi connectivity index (χ3n) is 1.77. The van der Waals surface area contributed by atoms with Gasteiger partial charge in [0, 0.05) is 11.6 Å². The lowest BCUT2D eigenvalue weighted by Gasteiger charge is -2.15. The van der Waals surface area contributed by atoms with E-state index in [1.807, 2.05) is 19.9 Å². The quantitative estimate of drug-likeness (QED) is 0.551. The fraction of sp³-hybridized carbons (Fsp3) is 0.400. The number of aromatic nitrogens is 1. The molecule has 2 nitrogen and oxygen atoms in total. The number of hydrogen-bond donors (Lipinski definition) is 0. The maximum absolute atomic E-state index is 10.7. The molecule has 0 N–H and O–H groups in total. The second kappa shape index (κ2) is 3.88. The van der Waals surface area contributed by atoms with Crippen LogP contribution in [-0.4, -0.2) is 11.3 Å². The molecule has 0 amide bonds. The van der Waals surface area contributed by atoms with Crippen LogP contribution in [0.4, 0.5) is 0 Å². The average molecular weight is 198 g/mol. The molecular formula is C10H12ClNO. The van der Waals surface area contributed by atoms with Gasteiger partial charge < -0.3 is 4.79 Å². The molecule has 70 valence electrons. The molecule has 0 bridgehead atoms. The molecule has 1 aromatic rings. The van der Waals surface area contributed by atoms with Crippen LogP contribution in [0.2, 0.25) is 5.15 Å². The van der Waals surface area contributed by atoms with Crippen molar-refractivity contribution >= 4 is 17.9 Å². The molecule has 0 saturated carbocycles. The van der Waals surface area contributed by atoms with Gasteiger partial charge in [0.1, 0.15) is 11.4 Å². The van der Waals surface area contributed by atoms with Crippen molar-refractivity contribution in [1.82, 2.24) is 4.98 Å². The van der Waals surface area contributed by atoms with Gasteiger partial charge in [-0.3, -0.25) is 0 Å². The van der Waals surface area contributed by atoms with Gasteiger partial charge in [0.05, 0.1) is 0 Å². The zero-order chi connectivity index (χ0) is 9.90. The van der Waals surface area contributed by atoms with E-state index in [0.717, 1.165) is 11.8 Å². The number of carbonyl (C=O) groups is 1. The summed E-state index contributed by atoms with van der Waals surface area (Å²) in [4.78, 5) is 14.6. The largest absolute Gasteiger partial charge is 0.303 e. The number of rotatable bonds is 3. The van der Waals surface area contributed by atoms with Crippen molar-refractivity contribution in [3.05, 3.63) is 29.0 Å². The average Bonchev–Trinajstić information content (AvgIpc) is 2.09. The van der Waals surface area contributed by atoms with Gasteiger partial charge in [-0.15, -0.1) is 0 Å². The summed E-state index contributed by atoms with van der Waals surface area (Å²) >= 11 is 5.64. The molecule has 0 aliphatic rings. The number of pyridine rings is 1. The van der Waals surface area contributed by atoms with E-state index in [-0.39, 0.29) is 5.41 Å². The van der Waals surface area contributed by atoms with Gasteiger partial charge in [-0.05, 0) is 18.1 Å². The first-order valence-electron chi connectivity index (χ1n) is 4.10. The summed E-state index contributed by atoms with van der Waals surface area (Å²) in [5.41, 5.74) is 0.705. The Morgan fingerprint density at radius 3 is 2.69 bits per heavy atom. The standard InChI is InChI=1S/C10H12ClNO/c1-10(2,7-13)5-8-3-4-9(11)12-6-8/h3-4,6-7H,5H2,1-2H3. The minimum atomic E-state index is -0.324. The van der Waals surface area contributed by atoms with Crippen molar-refractivity contribution in [2.24, 2.45) is 5.41 Å². The monoisotopic (exact) mass is 197 g/mol. The highest BCUT2D eigenvalue weighted by Crippen LogP contribution is 2.18. The molecule has 0 saturated heterocycles. The molecule has 0 fully saturated rings. The zero-order valence-electron chi connectivity index (χ0n) is 7.75. The van der Waals surface area contributed by atoms with Gasteiger partial charge in [-0.25, -0.2) is 4.98 Å². The third kappa shape index (κ3) is 3.15. The highest BCUT2D eigenvalue weighted by molar-refractivity contribution is 6.29. The number of hydrogen-bond acceptors (Lipinski definition) is 2. The molecular weight excluding hydrogens is 186 g/mol. The lowest BCUT2D eigenvalue weighted by atomic mass is 9.88. The SMILES string of the molecule is CC(C)(C=O)Cc1ccc(Cl)nc1. The van der Waals surface area contributed by atoms with Crippen LogP contribution in [0.1, 0.15) is 19.4 Å². The molecule has 0 radical (unpaired) electrons. The number of aldehydes is 1. The van der Waals surface area contributed by atoms with Gasteiger partial charge in [-0.2, -0.15) is 0 Å². The van der Waals surface area contributed by atoms with E-state index in [2.05, 4.69) is 4.98 Å². The summed E-state index contributed by atoms with van der Waals surface area (Å²) in [5.74, 6) is 0. The molecule has 13 heavy (non-hydrogen) atoms. The zero-order valence-corrected chi connectivity index (χ0v) is 8.51. The molecule has 1 aromatic heterocycles. The van der Waals surface area contributed by atoms with Crippen molar-refractivity contribution in [2.45, 2.75) is 20.3 Å². The van der Waals surface area contributed by atoms with Crippen LogP contribution in [0, 0.1) is 5.41 Å². The van der Waals surface area contributed by atoms with Crippen molar-refractivity contribution in [3.63, 3.8) is 0 Å². The molecule has 1 rings (SSSR count). The van der Waals surface area contributed by atoms with Crippen LogP contribution in [-0.2, 0) is 11.2 Å². The second-order valence-electron chi connectivity index (χ2n) is 3.77. The lowest BCUT2D eigenvalue weighted by Crippen LogP contribution is -2.16. The van der Waals surface area contributed by atoms with Gasteiger partial charge >= 0.3 is 0 Å². The van der Waals surface area contributed by atoms with Gasteiger partial charge in [0.25, 0.3) is 0 Å². The van der Waals surface area contributed by atoms with Crippen molar-refractivity contribution < 1.29 is 4.79 Å². The lowest BCUT2D eigenvalue weighted by molar-refractivity contribution is -0.114. The Hall–Kier alpha value is -0.890. The first-order chi connectivity index (χ1) is 6.03. The molecule has 0 aliphatic heterocycles. The van der Waals surface area contributed by atoms with E-state index in [1.165, 1.54) is 0 Å². The second-order valence-corrected chi connectivity index (χ2v) is 4.16. The van der Waals surface area contributed by atoms with E-state index >= 15 is 0 Å². The smallest absolute Gasteiger partial charge is 0.129 e. The van der Waals surface area contributed by atoms with Gasteiger partial charge in [-0.1, -0.05) is 31.5 Å². The molecule has 0 aromatic carbocycles. The van der Waals surface area contributed by atoms with Crippen molar-refractivity contribution in [2.75, 3.05) is 0 Å². The highest BCUT2D eigenvalue weighted by Gasteiger charge is 2.16. The van der Waals surface area contributed by atoms with E-state index < -0.39 is 0 Å². The van der Waals surface area contributed by atoms with Crippen LogP contribution in [0.25, 0.3) is 0 Å². The molecule has 0 atom stereocenters. The normalized spacial score (nSPS) is 11.3. The molecule has 0 spiro atoms. The number of halogens is 1. The summed E-state index contributed by atoms with van der Waals surface area (Å²) in [6.07, 6.45) is 3.36. The predicted molar refractivity (Wildman–Crippen MR) is 52.8 cm³/mol. The Labute approximate surface area is 82.9 Å². The fourth-order valence-corrected chi connectivity index (χ4v) is 1.19. The Balaban J connectivity index is 2.75. The molecule has 0 aliphatic carbocycles. The maximum atomic E-state index is 10.7. The van der Waals surface area contributed by atoms with Crippen LogP contribution < -0.4 is 0 Å². The minimum Gasteiger partial charge on any atom is -0.303 e. The summed E-state index contributed by atoms with van der Waals surface area (Å²) < 4.78 is 0. The molecule has 1 heterocycles. The number of carbonyl (C=O) groups excluding carboxylic acids is 1. The Kier molecular flexibility index (Phi) is 3.04. The Morgan fingerprint density at radius 2 is 2.23 bits per heavy atom. The van der Waals surface area contributed by atoms with E-state index in [0.29, 0.717) is 11.6 Å². The Morgan fingerprint density at radius 1 is 1.54 bits per heavy atom. The summed E-state index contributed by atoms with van der Waals surface area (Å²) in [5, 5.41) is 0.479. The van der Waals surface area contributed by atoms with E-state index in [1.54, 1.807) is 12.3 Å². The summed E-state index contributed by atoms with van der Waals surface area (Å²) in [6.45, 7) is 3.79. The first-order valence-corrected chi connectivity index (χ1v) is 4.48. The maximum Gasteiger partial charge on any atom is 0.129 e. The highest BCUT2D eigenvalue weighted by atomic mass is 35.5. The van der Waals surface area contributed by atoms with Crippen LogP contribution in [0.3, 0.4) is 0 Å². The summed E-state index contributed by atoms with van der Waals surface area (Å²) in [7, 11) is 0. The number of nitrogens with zero attached hydrogens (tertiary/aromatic N) is 1. The van der Waals surface area contributed by atoms with Gasteiger partial charge in [0.2, 0.25) is 0 Å². The topological polar surface area (TPSA) is 30.0 Å². The van der Waals surface area contributed by atoms with Crippen LogP contribution in [0.15, 0.2) is 18.3 Å². The van der Waals surface area contributed by atoms with Crippen molar-refractivity contribution in [1.29, 1.82) is 0 Å². The van der Waals surface area contributed by atoms with Crippen LogP contribution in [0.5, 0.6) is 0 Å². The van der Waals surface area contributed by atoms with Crippen molar-refractivity contribution in [3.8, 4) is 0 Å². The first kappa shape index (κ1) is 10.2.